The smallest absolute Gasteiger partial charge is 0.337 e. The number of ether oxygens (including phenoxy) is 1. The second-order valence-electron chi connectivity index (χ2n) is 11.4. The van der Waals surface area contributed by atoms with Gasteiger partial charge in [0.25, 0.3) is 0 Å². The lowest BCUT2D eigenvalue weighted by Crippen LogP contribution is -2.31. The highest BCUT2D eigenvalue weighted by Crippen LogP contribution is 2.37. The Hall–Kier alpha value is -3.21. The Morgan fingerprint density at radius 2 is 1.52 bits per heavy atom. The van der Waals surface area contributed by atoms with Crippen molar-refractivity contribution in [1.82, 2.24) is 0 Å². The molecule has 1 atom stereocenters. The Labute approximate surface area is 259 Å². The summed E-state index contributed by atoms with van der Waals surface area (Å²) in [4.78, 5) is 31.6. The molecule has 0 aromatic heterocycles. The van der Waals surface area contributed by atoms with Crippen LogP contribution in [0.3, 0.4) is 0 Å². The van der Waals surface area contributed by atoms with Crippen LogP contribution in [0.5, 0.6) is 0 Å². The van der Waals surface area contributed by atoms with Gasteiger partial charge in [0.2, 0.25) is 5.78 Å². The van der Waals surface area contributed by atoms with Crippen molar-refractivity contribution >= 4 is 40.7 Å². The second-order valence-corrected chi connectivity index (χ2v) is 12.2. The topological polar surface area (TPSA) is 55.7 Å². The molecule has 42 heavy (non-hydrogen) atoms. The van der Waals surface area contributed by atoms with E-state index in [1.807, 2.05) is 54.6 Å². The number of aliphatic imine (C=N–C) groups is 1. The molecular formula is C36H39Cl2NO3. The Balaban J connectivity index is 1.73. The van der Waals surface area contributed by atoms with Crippen molar-refractivity contribution in [3.05, 3.63) is 106 Å². The van der Waals surface area contributed by atoms with Crippen molar-refractivity contribution in [3.8, 4) is 11.1 Å². The molecule has 0 N–H and O–H groups in total. The highest BCUT2D eigenvalue weighted by Gasteiger charge is 2.31. The molecule has 4 rings (SSSR count). The van der Waals surface area contributed by atoms with E-state index in [0.29, 0.717) is 26.9 Å². The summed E-state index contributed by atoms with van der Waals surface area (Å²) >= 11 is 13.0. The van der Waals surface area contributed by atoms with Gasteiger partial charge in [0.15, 0.2) is 0 Å². The normalized spacial score (nSPS) is 15.6. The van der Waals surface area contributed by atoms with Crippen LogP contribution < -0.4 is 0 Å². The maximum absolute atomic E-state index is 14.4. The van der Waals surface area contributed by atoms with E-state index in [4.69, 9.17) is 32.9 Å². The molecule has 0 heterocycles. The summed E-state index contributed by atoms with van der Waals surface area (Å²) in [5, 5.41) is 1.14. The third kappa shape index (κ3) is 7.40. The zero-order chi connectivity index (χ0) is 30.3. The fourth-order valence-electron chi connectivity index (χ4n) is 5.74. The van der Waals surface area contributed by atoms with E-state index in [2.05, 4.69) is 20.4 Å². The number of rotatable bonds is 11. The third-order valence-electron chi connectivity index (χ3n) is 8.23. The number of ketones is 1. The lowest BCUT2D eigenvalue weighted by atomic mass is 9.81. The molecular weight excluding hydrogens is 565 g/mol. The lowest BCUT2D eigenvalue weighted by molar-refractivity contribution is -0.110. The first-order valence-corrected chi connectivity index (χ1v) is 15.5. The van der Waals surface area contributed by atoms with Crippen LogP contribution in [0, 0.1) is 0 Å². The van der Waals surface area contributed by atoms with Gasteiger partial charge in [-0.15, -0.1) is 0 Å². The summed E-state index contributed by atoms with van der Waals surface area (Å²) < 4.78 is 4.86. The summed E-state index contributed by atoms with van der Waals surface area (Å²) in [6.45, 7) is 8.64. The maximum atomic E-state index is 14.4. The summed E-state index contributed by atoms with van der Waals surface area (Å²) in [7, 11) is 1.37. The first kappa shape index (κ1) is 31.7. The molecule has 3 aromatic carbocycles. The van der Waals surface area contributed by atoms with Crippen LogP contribution in [0.1, 0.15) is 92.6 Å². The van der Waals surface area contributed by atoms with Crippen LogP contribution in [-0.2, 0) is 9.53 Å². The van der Waals surface area contributed by atoms with Crippen LogP contribution >= 0.6 is 23.2 Å². The Morgan fingerprint density at radius 3 is 2.10 bits per heavy atom. The van der Waals surface area contributed by atoms with Gasteiger partial charge < -0.3 is 4.74 Å². The number of unbranched alkanes of at least 4 members (excludes halogenated alkanes) is 1. The number of esters is 1. The lowest BCUT2D eigenvalue weighted by Gasteiger charge is -2.31. The first-order chi connectivity index (χ1) is 20.2. The molecule has 4 nitrogen and oxygen atoms in total. The Bertz CT molecular complexity index is 1430. The van der Waals surface area contributed by atoms with Gasteiger partial charge in [0.05, 0.1) is 18.2 Å². The Kier molecular flexibility index (Phi) is 10.8. The summed E-state index contributed by atoms with van der Waals surface area (Å²) in [6, 6.07) is 20.5. The number of allylic oxidation sites excluding steroid dienone is 1. The van der Waals surface area contributed by atoms with Crippen LogP contribution in [0.25, 0.3) is 11.1 Å². The van der Waals surface area contributed by atoms with Gasteiger partial charge in [-0.2, -0.15) is 0 Å². The van der Waals surface area contributed by atoms with Gasteiger partial charge >= 0.3 is 5.97 Å². The minimum atomic E-state index is -0.391. The number of carbonyl (C=O) groups excluding carboxylic acids is 2. The van der Waals surface area contributed by atoms with Crippen LogP contribution in [0.4, 0.5) is 0 Å². The van der Waals surface area contributed by atoms with Crippen molar-refractivity contribution in [2.75, 3.05) is 7.11 Å². The van der Waals surface area contributed by atoms with Gasteiger partial charge in [-0.25, -0.2) is 4.79 Å². The predicted molar refractivity (Wildman–Crippen MR) is 174 cm³/mol. The summed E-state index contributed by atoms with van der Waals surface area (Å²) in [6.07, 6.45) is 7.96. The molecule has 6 heteroatoms. The van der Waals surface area contributed by atoms with E-state index in [9.17, 15) is 9.59 Å². The molecule has 0 aliphatic heterocycles. The zero-order valence-electron chi connectivity index (χ0n) is 24.7. The highest BCUT2D eigenvalue weighted by atomic mass is 35.5. The van der Waals surface area contributed by atoms with Crippen molar-refractivity contribution in [2.24, 2.45) is 4.99 Å². The number of nitrogens with zero attached hydrogens (tertiary/aromatic N) is 1. The fraction of sp³-hybridized carbons (Fsp3) is 0.361. The van der Waals surface area contributed by atoms with E-state index in [1.165, 1.54) is 13.5 Å². The van der Waals surface area contributed by atoms with Crippen molar-refractivity contribution in [1.29, 1.82) is 0 Å². The monoisotopic (exact) mass is 603 g/mol. The summed E-state index contributed by atoms with van der Waals surface area (Å²) in [5.74, 6) is -0.739. The standard InChI is InChI=1S/C36H39Cl2NO3/c1-5-6-11-29(25-14-20-28(21-15-25)35(41)42-4)24(2)34(40)33(39-36(3)22-8-7-9-23-36)27-18-16-26(17-19-27)32-30(37)12-10-13-31(32)38/h10,12-21,29H,2,5-9,11,22-23H2,1,3-4H3/b39-33-/t29-/m0/s1. The zero-order valence-corrected chi connectivity index (χ0v) is 26.2. The molecule has 0 radical (unpaired) electrons. The molecule has 220 valence electrons. The average Bonchev–Trinajstić information content (AvgIpc) is 3.00. The van der Waals surface area contributed by atoms with E-state index in [-0.39, 0.29) is 17.2 Å². The van der Waals surface area contributed by atoms with Crippen LogP contribution in [0.2, 0.25) is 10.0 Å². The molecule has 0 unspecified atom stereocenters. The maximum Gasteiger partial charge on any atom is 0.337 e. The number of Topliss-reactive ketones (excluding diaryl/α,β-unsaturated/α-hetero) is 1. The number of methoxy groups -OCH3 is 1. The van der Waals surface area contributed by atoms with Gasteiger partial charge in [-0.1, -0.05) is 111 Å². The highest BCUT2D eigenvalue weighted by molar-refractivity contribution is 6.51. The molecule has 1 aliphatic rings. The number of benzene rings is 3. The van der Waals surface area contributed by atoms with Gasteiger partial charge in [-0.05, 0) is 61.6 Å². The van der Waals surface area contributed by atoms with Gasteiger partial charge in [0, 0.05) is 32.7 Å². The molecule has 0 saturated heterocycles. The number of halogens is 2. The first-order valence-electron chi connectivity index (χ1n) is 14.7. The number of hydrogen-bond acceptors (Lipinski definition) is 4. The SMILES string of the molecule is C=C(C(=O)/C(=N\C1(C)CCCCC1)c1ccc(-c2c(Cl)cccc2Cl)cc1)[C@H](CCCC)c1ccc(C(=O)OC)cc1. The van der Waals surface area contributed by atoms with Crippen molar-refractivity contribution in [2.45, 2.75) is 76.7 Å². The molecule has 1 saturated carbocycles. The minimum Gasteiger partial charge on any atom is -0.465 e. The van der Waals surface area contributed by atoms with E-state index < -0.39 is 5.97 Å². The molecule has 0 bridgehead atoms. The number of hydrogen-bond donors (Lipinski definition) is 0. The van der Waals surface area contributed by atoms with Gasteiger partial charge in [0.1, 0.15) is 5.71 Å². The van der Waals surface area contributed by atoms with E-state index >= 15 is 0 Å². The fourth-order valence-corrected chi connectivity index (χ4v) is 6.36. The van der Waals surface area contributed by atoms with E-state index in [0.717, 1.165) is 67.2 Å². The van der Waals surface area contributed by atoms with Crippen LogP contribution in [-0.4, -0.2) is 30.1 Å². The minimum absolute atomic E-state index is 0.150. The van der Waals surface area contributed by atoms with Crippen molar-refractivity contribution in [3.63, 3.8) is 0 Å². The van der Waals surface area contributed by atoms with E-state index in [1.54, 1.807) is 12.1 Å². The Morgan fingerprint density at radius 1 is 0.929 bits per heavy atom. The second kappa shape index (κ2) is 14.3. The van der Waals surface area contributed by atoms with Gasteiger partial charge in [-0.3, -0.25) is 9.79 Å². The quantitative estimate of drug-likeness (QED) is 0.124. The van der Waals surface area contributed by atoms with Crippen molar-refractivity contribution < 1.29 is 14.3 Å². The average molecular weight is 605 g/mol. The third-order valence-corrected chi connectivity index (χ3v) is 8.86. The molecule has 0 amide bonds. The molecule has 3 aromatic rings. The molecule has 1 fully saturated rings. The summed E-state index contributed by atoms with van der Waals surface area (Å²) in [5.41, 5.74) is 4.43. The molecule has 0 spiro atoms. The predicted octanol–water partition coefficient (Wildman–Crippen LogP) is 10.1. The molecule has 1 aliphatic carbocycles. The largest absolute Gasteiger partial charge is 0.465 e. The van der Waals surface area contributed by atoms with Crippen LogP contribution in [0.15, 0.2) is 83.9 Å². The number of carbonyl (C=O) groups is 2.